The van der Waals surface area contributed by atoms with E-state index in [1.807, 2.05) is 12.3 Å². The zero-order chi connectivity index (χ0) is 22.2. The van der Waals surface area contributed by atoms with Crippen LogP contribution in [0.25, 0.3) is 0 Å². The van der Waals surface area contributed by atoms with Crippen molar-refractivity contribution in [3.8, 4) is 6.07 Å². The third-order valence-corrected chi connectivity index (χ3v) is 6.37. The normalized spacial score (nSPS) is 16.3. The van der Waals surface area contributed by atoms with E-state index in [0.717, 1.165) is 69.2 Å². The van der Waals surface area contributed by atoms with Crippen LogP contribution in [0.4, 0.5) is 5.69 Å². The molecule has 1 unspecified atom stereocenters. The second-order valence-electron chi connectivity index (χ2n) is 8.39. The Labute approximate surface area is 186 Å². The number of anilines is 1. The zero-order valence-electron chi connectivity index (χ0n) is 19.3. The van der Waals surface area contributed by atoms with Gasteiger partial charge in [-0.1, -0.05) is 6.92 Å². The van der Waals surface area contributed by atoms with Crippen molar-refractivity contribution in [2.45, 2.75) is 26.4 Å². The number of nitriles is 1. The van der Waals surface area contributed by atoms with Crippen LogP contribution < -0.4 is 4.90 Å². The molecule has 0 N–H and O–H groups in total. The van der Waals surface area contributed by atoms with E-state index in [2.05, 4.69) is 75.7 Å². The number of likely N-dealkylation sites (N-methyl/N-ethyl adjacent to an activating group) is 2. The summed E-state index contributed by atoms with van der Waals surface area (Å²) in [6, 6.07) is 8.87. The summed E-state index contributed by atoms with van der Waals surface area (Å²) in [6.07, 6.45) is 5.33. The van der Waals surface area contributed by atoms with Gasteiger partial charge in [0.25, 0.3) is 0 Å². The van der Waals surface area contributed by atoms with Crippen LogP contribution in [0.2, 0.25) is 0 Å². The topological polar surface area (TPSA) is 62.5 Å². The summed E-state index contributed by atoms with van der Waals surface area (Å²) < 4.78 is 0. The molecular formula is C24H35N7. The van der Waals surface area contributed by atoms with Gasteiger partial charge in [-0.3, -0.25) is 19.8 Å². The van der Waals surface area contributed by atoms with Crippen LogP contribution in [0, 0.1) is 11.3 Å². The molecular weight excluding hydrogens is 386 g/mol. The lowest BCUT2D eigenvalue weighted by molar-refractivity contribution is 0.0962. The number of benzene rings is 1. The molecule has 1 saturated heterocycles. The Morgan fingerprint density at radius 3 is 2.55 bits per heavy atom. The molecule has 1 aromatic carbocycles. The van der Waals surface area contributed by atoms with Crippen molar-refractivity contribution in [2.24, 2.45) is 0 Å². The minimum Gasteiger partial charge on any atom is -0.373 e. The number of aromatic nitrogens is 2. The van der Waals surface area contributed by atoms with E-state index in [-0.39, 0.29) is 6.04 Å². The fourth-order valence-electron chi connectivity index (χ4n) is 3.93. The quantitative estimate of drug-likeness (QED) is 0.617. The van der Waals surface area contributed by atoms with Crippen LogP contribution >= 0.6 is 0 Å². The summed E-state index contributed by atoms with van der Waals surface area (Å²) in [5.41, 5.74) is 4.09. The minimum absolute atomic E-state index is 0.267. The van der Waals surface area contributed by atoms with Crippen molar-refractivity contribution in [2.75, 3.05) is 64.8 Å². The van der Waals surface area contributed by atoms with E-state index >= 15 is 0 Å². The Morgan fingerprint density at radius 1 is 1.13 bits per heavy atom. The molecule has 31 heavy (non-hydrogen) atoms. The maximum Gasteiger partial charge on any atom is 0.0995 e. The SMILES string of the molecule is CCN(C)CCN(C)c1ccc(C#N)c(CN2CCN(C(C)c3cnccn3)CC2)c1. The van der Waals surface area contributed by atoms with Crippen molar-refractivity contribution in [3.63, 3.8) is 0 Å². The van der Waals surface area contributed by atoms with Crippen molar-refractivity contribution in [1.82, 2.24) is 24.7 Å². The molecule has 7 nitrogen and oxygen atoms in total. The summed E-state index contributed by atoms with van der Waals surface area (Å²) >= 11 is 0. The molecule has 0 radical (unpaired) electrons. The van der Waals surface area contributed by atoms with E-state index in [1.165, 1.54) is 5.69 Å². The first-order valence-corrected chi connectivity index (χ1v) is 11.2. The van der Waals surface area contributed by atoms with E-state index in [9.17, 15) is 5.26 Å². The van der Waals surface area contributed by atoms with Crippen LogP contribution in [0.3, 0.4) is 0 Å². The van der Waals surface area contributed by atoms with Crippen LogP contribution in [0.15, 0.2) is 36.8 Å². The van der Waals surface area contributed by atoms with Crippen molar-refractivity contribution in [1.29, 1.82) is 5.26 Å². The number of hydrogen-bond acceptors (Lipinski definition) is 7. The molecule has 0 spiro atoms. The van der Waals surface area contributed by atoms with Gasteiger partial charge in [0.2, 0.25) is 0 Å². The fourth-order valence-corrected chi connectivity index (χ4v) is 3.93. The van der Waals surface area contributed by atoms with Gasteiger partial charge < -0.3 is 9.80 Å². The Hall–Kier alpha value is -2.53. The van der Waals surface area contributed by atoms with Gasteiger partial charge in [0.15, 0.2) is 0 Å². The van der Waals surface area contributed by atoms with Gasteiger partial charge in [-0.2, -0.15) is 5.26 Å². The molecule has 166 valence electrons. The molecule has 0 saturated carbocycles. The van der Waals surface area contributed by atoms with Crippen LogP contribution in [-0.4, -0.2) is 84.6 Å². The number of piperazine rings is 1. The Morgan fingerprint density at radius 2 is 1.90 bits per heavy atom. The molecule has 3 rings (SSSR count). The monoisotopic (exact) mass is 421 g/mol. The van der Waals surface area contributed by atoms with E-state index in [0.29, 0.717) is 0 Å². The highest BCUT2D eigenvalue weighted by Gasteiger charge is 2.23. The van der Waals surface area contributed by atoms with Crippen LogP contribution in [0.1, 0.15) is 36.7 Å². The van der Waals surface area contributed by atoms with Crippen LogP contribution in [0.5, 0.6) is 0 Å². The van der Waals surface area contributed by atoms with E-state index < -0.39 is 0 Å². The molecule has 1 aromatic heterocycles. The molecule has 0 bridgehead atoms. The maximum atomic E-state index is 9.62. The maximum absolute atomic E-state index is 9.62. The predicted molar refractivity (Wildman–Crippen MR) is 125 cm³/mol. The lowest BCUT2D eigenvalue weighted by atomic mass is 10.1. The smallest absolute Gasteiger partial charge is 0.0995 e. The lowest BCUT2D eigenvalue weighted by Crippen LogP contribution is -2.46. The molecule has 1 aliphatic heterocycles. The Kier molecular flexibility index (Phi) is 8.35. The predicted octanol–water partition coefficient (Wildman–Crippen LogP) is 2.61. The molecule has 0 aliphatic carbocycles. The van der Waals surface area contributed by atoms with E-state index in [4.69, 9.17) is 0 Å². The van der Waals surface area contributed by atoms with Crippen LogP contribution in [-0.2, 0) is 6.54 Å². The summed E-state index contributed by atoms with van der Waals surface area (Å²) in [5, 5.41) is 9.62. The first-order valence-electron chi connectivity index (χ1n) is 11.2. The lowest BCUT2D eigenvalue weighted by Gasteiger charge is -2.38. The molecule has 1 aliphatic rings. The molecule has 7 heteroatoms. The third kappa shape index (κ3) is 6.23. The molecule has 1 fully saturated rings. The average molecular weight is 422 g/mol. The number of nitrogens with zero attached hydrogens (tertiary/aromatic N) is 7. The number of hydrogen-bond donors (Lipinski definition) is 0. The highest BCUT2D eigenvalue weighted by Crippen LogP contribution is 2.23. The van der Waals surface area contributed by atoms with Gasteiger partial charge >= 0.3 is 0 Å². The first-order chi connectivity index (χ1) is 15.0. The molecule has 2 aromatic rings. The largest absolute Gasteiger partial charge is 0.373 e. The summed E-state index contributed by atoms with van der Waals surface area (Å²) in [6.45, 7) is 12.2. The average Bonchev–Trinajstić information content (AvgIpc) is 2.82. The standard InChI is InChI=1S/C24H35N7/c1-5-28(3)10-11-29(4)23-7-6-21(17-25)22(16-23)19-30-12-14-31(15-13-30)20(2)24-18-26-8-9-27-24/h6-9,16,18,20H,5,10-15,19H2,1-4H3. The third-order valence-electron chi connectivity index (χ3n) is 6.37. The van der Waals surface area contributed by atoms with Crippen molar-refractivity contribution < 1.29 is 0 Å². The molecule has 2 heterocycles. The summed E-state index contributed by atoms with van der Waals surface area (Å²) in [4.78, 5) is 18.2. The number of rotatable bonds is 9. The highest BCUT2D eigenvalue weighted by atomic mass is 15.3. The Bertz CT molecular complexity index is 856. The zero-order valence-corrected chi connectivity index (χ0v) is 19.3. The molecule has 0 amide bonds. The van der Waals surface area contributed by atoms with E-state index in [1.54, 1.807) is 12.4 Å². The highest BCUT2D eigenvalue weighted by molar-refractivity contribution is 5.53. The van der Waals surface area contributed by atoms with Gasteiger partial charge in [0.1, 0.15) is 0 Å². The van der Waals surface area contributed by atoms with Gasteiger partial charge in [0, 0.05) is 77.1 Å². The van der Waals surface area contributed by atoms with Crippen molar-refractivity contribution in [3.05, 3.63) is 53.6 Å². The second kappa shape index (κ2) is 11.2. The molecule has 1 atom stereocenters. The van der Waals surface area contributed by atoms with Gasteiger partial charge in [-0.15, -0.1) is 0 Å². The van der Waals surface area contributed by atoms with Gasteiger partial charge in [-0.05, 0) is 44.3 Å². The van der Waals surface area contributed by atoms with Gasteiger partial charge in [0.05, 0.1) is 23.4 Å². The fraction of sp³-hybridized carbons (Fsp3) is 0.542. The minimum atomic E-state index is 0.267. The van der Waals surface area contributed by atoms with Gasteiger partial charge in [-0.25, -0.2) is 0 Å². The second-order valence-corrected chi connectivity index (χ2v) is 8.39. The first kappa shape index (κ1) is 23.1. The summed E-state index contributed by atoms with van der Waals surface area (Å²) in [7, 11) is 4.27. The Balaban J connectivity index is 1.60. The summed E-state index contributed by atoms with van der Waals surface area (Å²) in [5.74, 6) is 0. The van der Waals surface area contributed by atoms with Crippen molar-refractivity contribution >= 4 is 5.69 Å².